The van der Waals surface area contributed by atoms with E-state index in [2.05, 4.69) is 84.6 Å². The first-order valence-corrected chi connectivity index (χ1v) is 22.1. The van der Waals surface area contributed by atoms with Crippen LogP contribution < -0.4 is 4.74 Å². The van der Waals surface area contributed by atoms with Crippen molar-refractivity contribution >= 4 is 29.9 Å². The van der Waals surface area contributed by atoms with E-state index in [9.17, 15) is 14.4 Å². The summed E-state index contributed by atoms with van der Waals surface area (Å²) in [4.78, 5) is 48.3. The van der Waals surface area contributed by atoms with Gasteiger partial charge in [-0.15, -0.1) is 11.6 Å². The van der Waals surface area contributed by atoms with Crippen molar-refractivity contribution in [1.82, 2.24) is 19.6 Å². The Hall–Kier alpha value is -3.70. The lowest BCUT2D eigenvalue weighted by molar-refractivity contribution is 0.00447. The molecule has 0 aromatic heterocycles. The standard InChI is InChI=1S/C48H75ClN4O7/c1-43(2,3)34-26-32(30-49)38-36(28-34)48(16,17)37-29-35(44(4,5)6)27-33(39(37)57-38)31-50-18-20-51(40(54)58-45(7,8)9)22-24-53(42(56)60-47(13,14)15)25-23-52(21-19-50)41(55)59-46(10,11)12/h26-29H,18-25,30-31H2,1-17H3. The van der Waals surface area contributed by atoms with Crippen molar-refractivity contribution in [2.24, 2.45) is 0 Å². The van der Waals surface area contributed by atoms with Gasteiger partial charge < -0.3 is 33.6 Å². The van der Waals surface area contributed by atoms with Gasteiger partial charge in [0.25, 0.3) is 0 Å². The van der Waals surface area contributed by atoms with Gasteiger partial charge >= 0.3 is 18.3 Å². The number of hydrogen-bond acceptors (Lipinski definition) is 8. The molecule has 2 heterocycles. The molecule has 0 atom stereocenters. The minimum absolute atomic E-state index is 0.0834. The van der Waals surface area contributed by atoms with E-state index in [1.165, 1.54) is 11.1 Å². The maximum Gasteiger partial charge on any atom is 0.410 e. The minimum atomic E-state index is -0.734. The minimum Gasteiger partial charge on any atom is -0.456 e. The van der Waals surface area contributed by atoms with Crippen LogP contribution in [-0.2, 0) is 42.9 Å². The van der Waals surface area contributed by atoms with Crippen molar-refractivity contribution in [2.75, 3.05) is 52.4 Å². The van der Waals surface area contributed by atoms with Gasteiger partial charge in [-0.1, -0.05) is 79.7 Å². The number of halogens is 1. The van der Waals surface area contributed by atoms with Crippen molar-refractivity contribution < 1.29 is 33.3 Å². The average molecular weight is 856 g/mol. The van der Waals surface area contributed by atoms with Crippen LogP contribution in [0.3, 0.4) is 0 Å². The van der Waals surface area contributed by atoms with E-state index in [4.69, 9.17) is 30.5 Å². The molecule has 0 bridgehead atoms. The third-order valence-electron chi connectivity index (χ3n) is 10.8. The third kappa shape index (κ3) is 12.9. The molecule has 4 rings (SSSR count). The number of alkyl halides is 1. The largest absolute Gasteiger partial charge is 0.456 e. The van der Waals surface area contributed by atoms with Crippen LogP contribution in [0.5, 0.6) is 11.5 Å². The zero-order chi connectivity index (χ0) is 45.4. The fourth-order valence-corrected chi connectivity index (χ4v) is 7.46. The lowest BCUT2D eigenvalue weighted by Gasteiger charge is -2.40. The van der Waals surface area contributed by atoms with E-state index in [0.29, 0.717) is 38.6 Å². The van der Waals surface area contributed by atoms with Crippen LogP contribution in [-0.4, -0.2) is 107 Å². The Labute approximate surface area is 366 Å². The highest BCUT2D eigenvalue weighted by Gasteiger charge is 2.40. The summed E-state index contributed by atoms with van der Waals surface area (Å²) in [7, 11) is 0. The molecule has 3 amide bonds. The molecule has 2 aliphatic heterocycles. The number of benzene rings is 2. The van der Waals surface area contributed by atoms with Crippen molar-refractivity contribution in [1.29, 1.82) is 0 Å². The van der Waals surface area contributed by atoms with E-state index in [1.54, 1.807) is 14.7 Å². The summed E-state index contributed by atoms with van der Waals surface area (Å²) in [6.07, 6.45) is -1.44. The lowest BCUT2D eigenvalue weighted by Crippen LogP contribution is -2.51. The maximum absolute atomic E-state index is 13.8. The molecular formula is C48H75ClN4O7. The lowest BCUT2D eigenvalue weighted by atomic mass is 9.70. The summed E-state index contributed by atoms with van der Waals surface area (Å²) in [5, 5.41) is 0. The number of fused-ring (bicyclic) bond motifs is 2. The van der Waals surface area contributed by atoms with Crippen LogP contribution in [0.2, 0.25) is 0 Å². The van der Waals surface area contributed by atoms with Gasteiger partial charge in [-0.05, 0) is 84.3 Å². The molecule has 0 saturated carbocycles. The molecule has 12 heteroatoms. The molecule has 2 aromatic rings. The Morgan fingerprint density at radius 1 is 0.550 bits per heavy atom. The number of hydrogen-bond donors (Lipinski definition) is 0. The van der Waals surface area contributed by atoms with E-state index < -0.39 is 40.5 Å². The molecule has 0 spiro atoms. The quantitative estimate of drug-likeness (QED) is 0.222. The smallest absolute Gasteiger partial charge is 0.410 e. The number of carbonyl (C=O) groups is 3. The first kappa shape index (κ1) is 49.0. The maximum atomic E-state index is 13.8. The van der Waals surface area contributed by atoms with Gasteiger partial charge in [0.05, 0.1) is 5.88 Å². The van der Waals surface area contributed by atoms with Gasteiger partial charge in [0.15, 0.2) is 0 Å². The highest BCUT2D eigenvalue weighted by Crippen LogP contribution is 2.53. The topological polar surface area (TPSA) is 101 Å². The monoisotopic (exact) mass is 855 g/mol. The first-order valence-electron chi connectivity index (χ1n) is 21.5. The molecule has 0 unspecified atom stereocenters. The summed E-state index contributed by atoms with van der Waals surface area (Å²) >= 11 is 6.69. The summed E-state index contributed by atoms with van der Waals surface area (Å²) in [6.45, 7) is 37.1. The zero-order valence-electron chi connectivity index (χ0n) is 39.9. The predicted molar refractivity (Wildman–Crippen MR) is 241 cm³/mol. The second-order valence-corrected chi connectivity index (χ2v) is 22.3. The summed E-state index contributed by atoms with van der Waals surface area (Å²) in [5.41, 5.74) is 3.73. The summed E-state index contributed by atoms with van der Waals surface area (Å²) in [5.74, 6) is 1.92. The van der Waals surface area contributed by atoms with E-state index in [1.807, 2.05) is 62.3 Å². The fourth-order valence-electron chi connectivity index (χ4n) is 7.26. The molecule has 1 fully saturated rings. The number of amides is 3. The third-order valence-corrected chi connectivity index (χ3v) is 11.0. The Kier molecular flexibility index (Phi) is 14.6. The van der Waals surface area contributed by atoms with Crippen molar-refractivity contribution in [3.05, 3.63) is 57.6 Å². The van der Waals surface area contributed by atoms with Gasteiger partial charge in [0, 0.05) is 86.6 Å². The van der Waals surface area contributed by atoms with Crippen LogP contribution in [0, 0.1) is 0 Å². The van der Waals surface area contributed by atoms with Gasteiger partial charge in [-0.2, -0.15) is 0 Å². The van der Waals surface area contributed by atoms with Gasteiger partial charge in [-0.25, -0.2) is 14.4 Å². The van der Waals surface area contributed by atoms with Crippen molar-refractivity contribution in [3.8, 4) is 11.5 Å². The zero-order valence-corrected chi connectivity index (χ0v) is 40.7. The molecule has 0 N–H and O–H groups in total. The van der Waals surface area contributed by atoms with Crippen molar-refractivity contribution in [2.45, 2.75) is 163 Å². The van der Waals surface area contributed by atoms with E-state index in [-0.39, 0.29) is 37.0 Å². The number of ether oxygens (including phenoxy) is 4. The fraction of sp³-hybridized carbons (Fsp3) is 0.688. The van der Waals surface area contributed by atoms with Gasteiger partial charge in [-0.3, -0.25) is 4.90 Å². The number of rotatable bonds is 3. The van der Waals surface area contributed by atoms with Crippen LogP contribution in [0.15, 0.2) is 24.3 Å². The Morgan fingerprint density at radius 2 is 0.867 bits per heavy atom. The number of nitrogens with zero attached hydrogens (tertiary/aromatic N) is 4. The van der Waals surface area contributed by atoms with Crippen molar-refractivity contribution in [3.63, 3.8) is 0 Å². The molecule has 336 valence electrons. The van der Waals surface area contributed by atoms with Crippen LogP contribution >= 0.6 is 11.6 Å². The number of carbonyl (C=O) groups excluding carboxylic acids is 3. The average Bonchev–Trinajstić information content (AvgIpc) is 3.06. The summed E-state index contributed by atoms with van der Waals surface area (Å²) < 4.78 is 24.6. The summed E-state index contributed by atoms with van der Waals surface area (Å²) in [6, 6.07) is 9.00. The Morgan fingerprint density at radius 3 is 1.18 bits per heavy atom. The van der Waals surface area contributed by atoms with Gasteiger partial charge in [0.2, 0.25) is 0 Å². The van der Waals surface area contributed by atoms with Crippen LogP contribution in [0.1, 0.15) is 151 Å². The van der Waals surface area contributed by atoms with E-state index in [0.717, 1.165) is 33.8 Å². The Balaban J connectivity index is 1.83. The normalized spacial score (nSPS) is 17.4. The SMILES string of the molecule is CC(C)(C)OC(=O)N1CCN(Cc2cc(C(C)(C)C)cc3c2Oc2c(CCl)cc(C(C)(C)C)cc2C3(C)C)CCN(C(=O)OC(C)(C)C)CCN(C(=O)OC(C)(C)C)CC1. The molecule has 2 aliphatic rings. The molecule has 60 heavy (non-hydrogen) atoms. The molecule has 0 aliphatic carbocycles. The second-order valence-electron chi connectivity index (χ2n) is 22.1. The Bertz CT molecular complexity index is 1830. The second kappa shape index (κ2) is 18.0. The molecule has 0 radical (unpaired) electrons. The van der Waals surface area contributed by atoms with Crippen LogP contribution in [0.4, 0.5) is 14.4 Å². The molecule has 11 nitrogen and oxygen atoms in total. The molecule has 1 saturated heterocycles. The van der Waals surface area contributed by atoms with Crippen LogP contribution in [0.25, 0.3) is 0 Å². The molecular weight excluding hydrogens is 780 g/mol. The molecule has 2 aromatic carbocycles. The predicted octanol–water partition coefficient (Wildman–Crippen LogP) is 11.0. The highest BCUT2D eigenvalue weighted by molar-refractivity contribution is 6.17. The highest BCUT2D eigenvalue weighted by atomic mass is 35.5. The van der Waals surface area contributed by atoms with Gasteiger partial charge in [0.1, 0.15) is 28.3 Å². The first-order chi connectivity index (χ1) is 27.3. The van der Waals surface area contributed by atoms with E-state index >= 15 is 0 Å².